The zero-order valence-corrected chi connectivity index (χ0v) is 17.3. The van der Waals surface area contributed by atoms with Crippen LogP contribution in [0.1, 0.15) is 26.3 Å². The Morgan fingerprint density at radius 3 is 1.92 bits per heavy atom. The Labute approximate surface area is 169 Å². The van der Waals surface area contributed by atoms with Crippen molar-refractivity contribution in [1.29, 1.82) is 0 Å². The first-order valence-electron chi connectivity index (χ1n) is 7.85. The fraction of sp³-hybridized carbons (Fsp3) is 0.500. The maximum atomic E-state index is 12.2. The summed E-state index contributed by atoms with van der Waals surface area (Å²) in [5.74, 6) is -2.16. The molecule has 0 amide bonds. The summed E-state index contributed by atoms with van der Waals surface area (Å²) in [6.45, 7) is 5.24. The number of ketones is 2. The molecule has 0 bridgehead atoms. The highest BCUT2D eigenvalue weighted by molar-refractivity contribution is 6.35. The molecule has 0 fully saturated rings. The Kier molecular flexibility index (Phi) is 11.7. The van der Waals surface area contributed by atoms with Gasteiger partial charge in [-0.2, -0.15) is 0 Å². The number of benzene rings is 1. The van der Waals surface area contributed by atoms with E-state index in [-0.39, 0.29) is 24.0 Å². The van der Waals surface area contributed by atoms with Gasteiger partial charge in [0.25, 0.3) is 0 Å². The number of carbonyl (C=O) groups is 3. The van der Waals surface area contributed by atoms with Gasteiger partial charge < -0.3 is 10.5 Å². The molecule has 0 spiro atoms. The van der Waals surface area contributed by atoms with Crippen molar-refractivity contribution in [2.45, 2.75) is 38.3 Å². The van der Waals surface area contributed by atoms with Gasteiger partial charge in [0.1, 0.15) is 17.0 Å². The second kappa shape index (κ2) is 12.3. The Hall–Kier alpha value is -1.14. The molecule has 0 saturated carbocycles. The SMILES string of the molecule is CC(C)(C)OC(=O)[C@@H](Cc1ccccc1)C(=O)C(N)Cl.O=C(CCl)CCl. The van der Waals surface area contributed by atoms with Gasteiger partial charge in [0.2, 0.25) is 0 Å². The molecule has 2 N–H and O–H groups in total. The predicted octanol–water partition coefficient (Wildman–Crippen LogP) is 3.31. The minimum atomic E-state index is -1.21. The lowest BCUT2D eigenvalue weighted by Crippen LogP contribution is -2.40. The third-order valence-corrected chi connectivity index (χ3v) is 3.70. The third kappa shape index (κ3) is 10.8. The first-order valence-corrected chi connectivity index (χ1v) is 9.36. The van der Waals surface area contributed by atoms with E-state index in [0.29, 0.717) is 0 Å². The summed E-state index contributed by atoms with van der Waals surface area (Å²) in [6.07, 6.45) is 0.231. The monoisotopic (exact) mass is 423 g/mol. The quantitative estimate of drug-likeness (QED) is 0.314. The number of alkyl halides is 3. The number of hydrogen-bond acceptors (Lipinski definition) is 5. The summed E-state index contributed by atoms with van der Waals surface area (Å²) in [5, 5.41) is 0. The van der Waals surface area contributed by atoms with Gasteiger partial charge in [-0.05, 0) is 32.8 Å². The van der Waals surface area contributed by atoms with Crippen molar-refractivity contribution < 1.29 is 19.1 Å². The van der Waals surface area contributed by atoms with Crippen LogP contribution in [-0.2, 0) is 25.5 Å². The van der Waals surface area contributed by atoms with Gasteiger partial charge in [-0.15, -0.1) is 23.2 Å². The van der Waals surface area contributed by atoms with Crippen molar-refractivity contribution in [3.05, 3.63) is 35.9 Å². The maximum absolute atomic E-state index is 12.2. The van der Waals surface area contributed by atoms with Crippen LogP contribution in [0.25, 0.3) is 0 Å². The summed E-state index contributed by atoms with van der Waals surface area (Å²) in [6, 6.07) is 9.22. The van der Waals surface area contributed by atoms with Crippen LogP contribution < -0.4 is 5.73 Å². The first kappa shape index (κ1) is 24.9. The van der Waals surface area contributed by atoms with E-state index < -0.39 is 28.8 Å². The fourth-order valence-corrected chi connectivity index (χ4v) is 2.19. The lowest BCUT2D eigenvalue weighted by Gasteiger charge is -2.24. The molecule has 0 aliphatic carbocycles. The normalized spacial score (nSPS) is 13.0. The lowest BCUT2D eigenvalue weighted by molar-refractivity contribution is -0.162. The Balaban J connectivity index is 0.000000896. The van der Waals surface area contributed by atoms with Crippen LogP contribution in [0.2, 0.25) is 0 Å². The van der Waals surface area contributed by atoms with Crippen molar-refractivity contribution in [3.8, 4) is 0 Å². The van der Waals surface area contributed by atoms with E-state index in [1.807, 2.05) is 30.3 Å². The second-order valence-corrected chi connectivity index (χ2v) is 7.39. The molecule has 1 aromatic rings. The molecule has 0 heterocycles. The summed E-state index contributed by atoms with van der Waals surface area (Å²) in [5.41, 5.74) is 4.38. The number of rotatable bonds is 7. The Bertz CT molecular complexity index is 580. The molecule has 2 atom stereocenters. The fourth-order valence-electron chi connectivity index (χ4n) is 1.75. The van der Waals surface area contributed by atoms with Crippen LogP contribution in [0.5, 0.6) is 0 Å². The highest BCUT2D eigenvalue weighted by Crippen LogP contribution is 2.18. The van der Waals surface area contributed by atoms with Crippen molar-refractivity contribution in [1.82, 2.24) is 0 Å². The van der Waals surface area contributed by atoms with Crippen LogP contribution in [0.3, 0.4) is 0 Å². The average Bonchev–Trinajstić information content (AvgIpc) is 2.58. The van der Waals surface area contributed by atoms with E-state index in [4.69, 9.17) is 45.3 Å². The van der Waals surface area contributed by atoms with Gasteiger partial charge in [0.05, 0.1) is 11.8 Å². The molecule has 8 heteroatoms. The molecule has 0 aromatic heterocycles. The molecule has 0 aliphatic rings. The van der Waals surface area contributed by atoms with E-state index in [1.165, 1.54) is 0 Å². The van der Waals surface area contributed by atoms with Gasteiger partial charge in [0, 0.05) is 0 Å². The number of hydrogen-bond donors (Lipinski definition) is 1. The minimum Gasteiger partial charge on any atom is -0.459 e. The van der Waals surface area contributed by atoms with Crippen LogP contribution in [0.4, 0.5) is 0 Å². The Morgan fingerprint density at radius 2 is 1.58 bits per heavy atom. The number of ether oxygens (including phenoxy) is 1. The Morgan fingerprint density at radius 1 is 1.08 bits per heavy atom. The standard InChI is InChI=1S/C15H20ClNO3.C3H4Cl2O/c1-15(2,3)20-14(19)11(12(18)13(16)17)9-10-7-5-4-6-8-10;4-1-3(6)2-5/h4-8,11,13H,9,17H2,1-3H3;1-2H2/t11-,13?;/m0./s1. The van der Waals surface area contributed by atoms with Gasteiger partial charge in [0.15, 0.2) is 11.6 Å². The van der Waals surface area contributed by atoms with Gasteiger partial charge in [-0.3, -0.25) is 14.4 Å². The molecule has 1 aromatic carbocycles. The van der Waals surface area contributed by atoms with Crippen molar-refractivity contribution in [2.24, 2.45) is 11.7 Å². The zero-order valence-electron chi connectivity index (χ0n) is 15.0. The van der Waals surface area contributed by atoms with Gasteiger partial charge in [-0.25, -0.2) is 0 Å². The molecule has 146 valence electrons. The molecule has 1 unspecified atom stereocenters. The molecule has 0 radical (unpaired) electrons. The average molecular weight is 425 g/mol. The van der Waals surface area contributed by atoms with Crippen molar-refractivity contribution in [3.63, 3.8) is 0 Å². The summed E-state index contributed by atoms with van der Waals surface area (Å²) >= 11 is 15.7. The first-order chi connectivity index (χ1) is 12.0. The predicted molar refractivity (Wildman–Crippen MR) is 105 cm³/mol. The van der Waals surface area contributed by atoms with E-state index in [1.54, 1.807) is 20.8 Å². The summed E-state index contributed by atoms with van der Waals surface area (Å²) in [7, 11) is 0. The van der Waals surface area contributed by atoms with Crippen LogP contribution >= 0.6 is 34.8 Å². The van der Waals surface area contributed by atoms with Crippen molar-refractivity contribution >= 4 is 52.3 Å². The van der Waals surface area contributed by atoms with Crippen LogP contribution in [0, 0.1) is 5.92 Å². The molecular formula is C18H24Cl3NO4. The zero-order chi connectivity index (χ0) is 20.3. The van der Waals surface area contributed by atoms with Crippen LogP contribution in [-0.4, -0.2) is 40.4 Å². The maximum Gasteiger partial charge on any atom is 0.317 e. The highest BCUT2D eigenvalue weighted by atomic mass is 35.5. The lowest BCUT2D eigenvalue weighted by atomic mass is 9.95. The molecule has 26 heavy (non-hydrogen) atoms. The molecule has 0 aliphatic heterocycles. The van der Waals surface area contributed by atoms with E-state index in [0.717, 1.165) is 5.56 Å². The van der Waals surface area contributed by atoms with Gasteiger partial charge >= 0.3 is 5.97 Å². The third-order valence-electron chi connectivity index (χ3n) is 2.89. The number of Topliss-reactive ketones (excluding diaryl/α,β-unsaturated/α-hetero) is 2. The highest BCUT2D eigenvalue weighted by Gasteiger charge is 2.33. The van der Waals surface area contributed by atoms with E-state index in [2.05, 4.69) is 0 Å². The minimum absolute atomic E-state index is 0.0312. The number of nitrogens with two attached hydrogens (primary N) is 1. The summed E-state index contributed by atoms with van der Waals surface area (Å²) in [4.78, 5) is 34.1. The molecule has 1 rings (SSSR count). The second-order valence-electron chi connectivity index (χ2n) is 6.39. The molecule has 0 saturated heterocycles. The van der Waals surface area contributed by atoms with Crippen LogP contribution in [0.15, 0.2) is 30.3 Å². The summed E-state index contributed by atoms with van der Waals surface area (Å²) < 4.78 is 5.27. The smallest absolute Gasteiger partial charge is 0.317 e. The topological polar surface area (TPSA) is 86.5 Å². The number of carbonyl (C=O) groups excluding carboxylic acids is 3. The van der Waals surface area contributed by atoms with Crippen molar-refractivity contribution in [2.75, 3.05) is 11.8 Å². The number of esters is 1. The van der Waals surface area contributed by atoms with Gasteiger partial charge in [-0.1, -0.05) is 41.9 Å². The van der Waals surface area contributed by atoms with E-state index in [9.17, 15) is 14.4 Å². The van der Waals surface area contributed by atoms with E-state index >= 15 is 0 Å². The molecule has 5 nitrogen and oxygen atoms in total. The largest absolute Gasteiger partial charge is 0.459 e. The molecular weight excluding hydrogens is 401 g/mol. The number of halogens is 3.